The van der Waals surface area contributed by atoms with Gasteiger partial charge in [0.15, 0.2) is 0 Å². The number of phenolic OH excluding ortho intramolecular Hbond substituents is 2. The van der Waals surface area contributed by atoms with E-state index in [1.807, 2.05) is 19.9 Å². The minimum absolute atomic E-state index is 0.00944. The fourth-order valence-corrected chi connectivity index (χ4v) is 2.71. The number of aromatic nitrogens is 1. The molecule has 0 aliphatic heterocycles. The second-order valence-electron chi connectivity index (χ2n) is 5.92. The summed E-state index contributed by atoms with van der Waals surface area (Å²) in [7, 11) is 0. The minimum Gasteiger partial charge on any atom is -0.508 e. The minimum atomic E-state index is -0.0329. The molecule has 0 amide bonds. The number of pyridine rings is 1. The average Bonchev–Trinajstić information content (AvgIpc) is 2.51. The van der Waals surface area contributed by atoms with Crippen LogP contribution in [0.5, 0.6) is 11.5 Å². The third kappa shape index (κ3) is 3.15. The van der Waals surface area contributed by atoms with Gasteiger partial charge in [-0.3, -0.25) is 5.43 Å². The van der Waals surface area contributed by atoms with Crippen molar-refractivity contribution in [3.8, 4) is 11.5 Å². The van der Waals surface area contributed by atoms with Crippen LogP contribution >= 0.6 is 0 Å². The van der Waals surface area contributed by atoms with Crippen LogP contribution in [0.25, 0.3) is 10.9 Å². The number of fused-ring (bicyclic) bond motifs is 1. The number of anilines is 1. The number of hydrogen-bond acceptors (Lipinski definition) is 5. The molecule has 0 spiro atoms. The molecule has 0 aliphatic carbocycles. The highest BCUT2D eigenvalue weighted by molar-refractivity contribution is 5.87. The van der Waals surface area contributed by atoms with Crippen molar-refractivity contribution in [3.05, 3.63) is 58.7 Å². The summed E-state index contributed by atoms with van der Waals surface area (Å²) in [6.07, 6.45) is 1.48. The van der Waals surface area contributed by atoms with Crippen molar-refractivity contribution in [2.24, 2.45) is 5.10 Å². The van der Waals surface area contributed by atoms with Crippen LogP contribution < -0.4 is 5.43 Å². The predicted octanol–water partition coefficient (Wildman–Crippen LogP) is 4.02. The van der Waals surface area contributed by atoms with Gasteiger partial charge in [-0.2, -0.15) is 5.10 Å². The van der Waals surface area contributed by atoms with Crippen molar-refractivity contribution in [2.75, 3.05) is 5.43 Å². The Morgan fingerprint density at radius 1 is 1.00 bits per heavy atom. The number of hydrogen-bond donors (Lipinski definition) is 3. The zero-order valence-electron chi connectivity index (χ0n) is 13.8. The third-order valence-corrected chi connectivity index (χ3v) is 3.85. The van der Waals surface area contributed by atoms with E-state index in [9.17, 15) is 10.2 Å². The van der Waals surface area contributed by atoms with E-state index >= 15 is 0 Å². The van der Waals surface area contributed by atoms with Crippen LogP contribution in [-0.2, 0) is 0 Å². The molecule has 0 radical (unpaired) electrons. The Morgan fingerprint density at radius 2 is 1.79 bits per heavy atom. The average molecular weight is 321 g/mol. The van der Waals surface area contributed by atoms with Crippen molar-refractivity contribution in [1.82, 2.24) is 4.98 Å². The molecule has 24 heavy (non-hydrogen) atoms. The van der Waals surface area contributed by atoms with Crippen LogP contribution in [-0.4, -0.2) is 21.4 Å². The lowest BCUT2D eigenvalue weighted by Gasteiger charge is -2.09. The Kier molecular flexibility index (Phi) is 4.08. The van der Waals surface area contributed by atoms with Gasteiger partial charge in [0.05, 0.1) is 11.7 Å². The molecule has 0 unspecified atom stereocenters. The van der Waals surface area contributed by atoms with Crippen molar-refractivity contribution in [1.29, 1.82) is 0 Å². The van der Waals surface area contributed by atoms with Gasteiger partial charge in [0.2, 0.25) is 0 Å². The number of phenols is 2. The summed E-state index contributed by atoms with van der Waals surface area (Å²) in [6, 6.07) is 10.5. The van der Waals surface area contributed by atoms with Gasteiger partial charge >= 0.3 is 0 Å². The van der Waals surface area contributed by atoms with Crippen LogP contribution in [0.2, 0.25) is 0 Å². The molecular formula is C19H19N3O2. The highest BCUT2D eigenvalue weighted by atomic mass is 16.3. The molecular weight excluding hydrogens is 302 g/mol. The maximum Gasteiger partial charge on any atom is 0.147 e. The number of nitrogens with one attached hydrogen (secondary N) is 1. The second-order valence-corrected chi connectivity index (χ2v) is 5.92. The molecule has 0 saturated carbocycles. The van der Waals surface area contributed by atoms with Crippen LogP contribution in [0.1, 0.15) is 22.3 Å². The van der Waals surface area contributed by atoms with Crippen LogP contribution in [0.4, 0.5) is 5.82 Å². The Bertz CT molecular complexity index is 949. The summed E-state index contributed by atoms with van der Waals surface area (Å²) in [4.78, 5) is 4.62. The smallest absolute Gasteiger partial charge is 0.147 e. The first-order valence-corrected chi connectivity index (χ1v) is 7.63. The molecule has 3 rings (SSSR count). The molecule has 0 fully saturated rings. The molecule has 2 aromatic carbocycles. The molecule has 3 N–H and O–H groups in total. The molecule has 0 saturated heterocycles. The molecule has 1 heterocycles. The van der Waals surface area contributed by atoms with Crippen LogP contribution in [0.15, 0.2) is 41.5 Å². The molecule has 0 atom stereocenters. The van der Waals surface area contributed by atoms with Crippen LogP contribution in [0, 0.1) is 20.8 Å². The first-order valence-electron chi connectivity index (χ1n) is 7.63. The zero-order chi connectivity index (χ0) is 17.3. The second kappa shape index (κ2) is 6.20. The molecule has 5 nitrogen and oxygen atoms in total. The van der Waals surface area contributed by atoms with Gasteiger partial charge in [-0.25, -0.2) is 4.98 Å². The van der Waals surface area contributed by atoms with Gasteiger partial charge in [0.25, 0.3) is 0 Å². The molecule has 122 valence electrons. The van der Waals surface area contributed by atoms with E-state index in [4.69, 9.17) is 0 Å². The number of aromatic hydroxyl groups is 2. The first-order chi connectivity index (χ1) is 11.4. The number of rotatable bonds is 3. The first kappa shape index (κ1) is 15.8. The summed E-state index contributed by atoms with van der Waals surface area (Å²) in [6.45, 7) is 6.17. The standard InChI is InChI=1S/C19H19N3O2/c1-11-6-13(3)19-16(7-11)12(2)8-18(21-19)22-20-10-14-4-5-15(23)9-17(14)24/h4-10,23-24H,1-3H3,(H,21,22). The quantitative estimate of drug-likeness (QED) is 0.503. The Morgan fingerprint density at radius 3 is 2.54 bits per heavy atom. The Labute approximate surface area is 140 Å². The van der Waals surface area contributed by atoms with Gasteiger partial charge < -0.3 is 10.2 Å². The Hall–Kier alpha value is -3.08. The fourth-order valence-electron chi connectivity index (χ4n) is 2.71. The van der Waals surface area contributed by atoms with E-state index in [1.54, 1.807) is 6.07 Å². The SMILES string of the molecule is Cc1cc(C)c2nc(NN=Cc3ccc(O)cc3O)cc(C)c2c1. The lowest BCUT2D eigenvalue weighted by molar-refractivity contribution is 0.450. The number of hydrazone groups is 1. The van der Waals surface area contributed by atoms with E-state index in [0.29, 0.717) is 11.4 Å². The molecule has 5 heteroatoms. The lowest BCUT2D eigenvalue weighted by atomic mass is 10.0. The monoisotopic (exact) mass is 321 g/mol. The summed E-state index contributed by atoms with van der Waals surface area (Å²) in [5.41, 5.74) is 7.81. The molecule has 0 bridgehead atoms. The van der Waals surface area contributed by atoms with Crippen molar-refractivity contribution >= 4 is 22.9 Å². The largest absolute Gasteiger partial charge is 0.508 e. The molecule has 0 aliphatic rings. The zero-order valence-corrected chi connectivity index (χ0v) is 13.8. The van der Waals surface area contributed by atoms with Gasteiger partial charge in [0.1, 0.15) is 17.3 Å². The molecule has 3 aromatic rings. The third-order valence-electron chi connectivity index (χ3n) is 3.85. The van der Waals surface area contributed by atoms with Crippen molar-refractivity contribution in [2.45, 2.75) is 20.8 Å². The summed E-state index contributed by atoms with van der Waals surface area (Å²) in [5, 5.41) is 24.3. The summed E-state index contributed by atoms with van der Waals surface area (Å²) >= 11 is 0. The van der Waals surface area contributed by atoms with E-state index in [2.05, 4.69) is 34.6 Å². The Balaban J connectivity index is 1.89. The van der Waals surface area contributed by atoms with Gasteiger partial charge in [0, 0.05) is 17.0 Å². The van der Waals surface area contributed by atoms with Gasteiger partial charge in [-0.1, -0.05) is 11.6 Å². The van der Waals surface area contributed by atoms with E-state index in [1.165, 1.54) is 23.9 Å². The molecule has 1 aromatic heterocycles. The number of nitrogens with zero attached hydrogens (tertiary/aromatic N) is 2. The topological polar surface area (TPSA) is 77.7 Å². The fraction of sp³-hybridized carbons (Fsp3) is 0.158. The summed E-state index contributed by atoms with van der Waals surface area (Å²) in [5.74, 6) is 0.617. The van der Waals surface area contributed by atoms with Gasteiger partial charge in [-0.05, 0) is 56.2 Å². The van der Waals surface area contributed by atoms with E-state index < -0.39 is 0 Å². The summed E-state index contributed by atoms with van der Waals surface area (Å²) < 4.78 is 0. The highest BCUT2D eigenvalue weighted by Crippen LogP contribution is 2.25. The maximum absolute atomic E-state index is 9.74. The highest BCUT2D eigenvalue weighted by Gasteiger charge is 2.06. The van der Waals surface area contributed by atoms with Crippen molar-refractivity contribution in [3.63, 3.8) is 0 Å². The van der Waals surface area contributed by atoms with Crippen LogP contribution in [0.3, 0.4) is 0 Å². The number of aryl methyl sites for hydroxylation is 3. The van der Waals surface area contributed by atoms with E-state index in [0.717, 1.165) is 22.0 Å². The maximum atomic E-state index is 9.74. The van der Waals surface area contributed by atoms with E-state index in [-0.39, 0.29) is 11.5 Å². The predicted molar refractivity (Wildman–Crippen MR) is 96.9 cm³/mol. The normalized spacial score (nSPS) is 11.3. The van der Waals surface area contributed by atoms with Gasteiger partial charge in [-0.15, -0.1) is 0 Å². The lowest BCUT2D eigenvalue weighted by Crippen LogP contribution is -1.97. The number of benzene rings is 2. The van der Waals surface area contributed by atoms with Crippen molar-refractivity contribution < 1.29 is 10.2 Å².